The molecule has 0 unspecified atom stereocenters. The number of ether oxygens (including phenoxy) is 1. The Morgan fingerprint density at radius 2 is 1.70 bits per heavy atom. The minimum absolute atomic E-state index is 0.393. The predicted octanol–water partition coefficient (Wildman–Crippen LogP) is 5.12. The number of benzene rings is 2. The summed E-state index contributed by atoms with van der Waals surface area (Å²) in [7, 11) is 0. The zero-order chi connectivity index (χ0) is 13.9. The predicted molar refractivity (Wildman–Crippen MR) is 82.5 cm³/mol. The molecule has 0 spiro atoms. The number of para-hydroxylation sites is 1. The van der Waals surface area contributed by atoms with E-state index >= 15 is 0 Å². The molecule has 0 fully saturated rings. The van der Waals surface area contributed by atoms with E-state index < -0.39 is 0 Å². The first-order valence-corrected chi connectivity index (χ1v) is 6.91. The number of nitrogens with zero attached hydrogens (tertiary/aromatic N) is 1. The van der Waals surface area contributed by atoms with Crippen molar-refractivity contribution in [3.8, 4) is 5.75 Å². The summed E-state index contributed by atoms with van der Waals surface area (Å²) in [4.78, 5) is 4.27. The maximum atomic E-state index is 6.12. The van der Waals surface area contributed by atoms with Gasteiger partial charge in [0.1, 0.15) is 17.5 Å². The molecule has 0 N–H and O–H groups in total. The van der Waals surface area contributed by atoms with Gasteiger partial charge >= 0.3 is 0 Å². The van der Waals surface area contributed by atoms with Crippen LogP contribution in [-0.4, -0.2) is 4.98 Å². The normalized spacial score (nSPS) is 10.7. The summed E-state index contributed by atoms with van der Waals surface area (Å²) >= 11 is 12.1. The summed E-state index contributed by atoms with van der Waals surface area (Å²) < 4.78 is 5.86. The Morgan fingerprint density at radius 1 is 0.950 bits per heavy atom. The van der Waals surface area contributed by atoms with Gasteiger partial charge in [-0.05, 0) is 18.2 Å². The minimum atomic E-state index is 0.393. The van der Waals surface area contributed by atoms with Crippen LogP contribution in [0.2, 0.25) is 10.2 Å². The van der Waals surface area contributed by atoms with Gasteiger partial charge in [0.15, 0.2) is 0 Å². The van der Waals surface area contributed by atoms with Crippen molar-refractivity contribution in [2.75, 3.05) is 0 Å². The summed E-state index contributed by atoms with van der Waals surface area (Å²) in [6, 6.07) is 17.1. The first kappa shape index (κ1) is 13.2. The number of hydrogen-bond acceptors (Lipinski definition) is 2. The van der Waals surface area contributed by atoms with Crippen LogP contribution in [0, 0.1) is 0 Å². The van der Waals surface area contributed by atoms with Crippen LogP contribution in [0.3, 0.4) is 0 Å². The van der Waals surface area contributed by atoms with Crippen molar-refractivity contribution in [2.24, 2.45) is 0 Å². The van der Waals surface area contributed by atoms with E-state index in [9.17, 15) is 0 Å². The summed E-state index contributed by atoms with van der Waals surface area (Å²) in [5.74, 6) is 0.709. The molecular formula is C16H11Cl2NO. The topological polar surface area (TPSA) is 22.1 Å². The van der Waals surface area contributed by atoms with Crippen molar-refractivity contribution in [3.63, 3.8) is 0 Å². The Kier molecular flexibility index (Phi) is 3.77. The van der Waals surface area contributed by atoms with E-state index in [4.69, 9.17) is 27.9 Å². The highest BCUT2D eigenvalue weighted by Crippen LogP contribution is 2.28. The van der Waals surface area contributed by atoms with Crippen molar-refractivity contribution >= 4 is 34.1 Å². The summed E-state index contributed by atoms with van der Waals surface area (Å²) in [5.41, 5.74) is 1.75. The number of pyridine rings is 1. The third-order valence-electron chi connectivity index (χ3n) is 2.99. The lowest BCUT2D eigenvalue weighted by Gasteiger charge is -2.10. The second-order valence-corrected chi connectivity index (χ2v) is 5.13. The number of rotatable bonds is 3. The Bertz CT molecular complexity index is 758. The molecule has 3 rings (SSSR count). The molecule has 0 atom stereocenters. The van der Waals surface area contributed by atoms with Crippen LogP contribution in [0.4, 0.5) is 0 Å². The molecule has 3 aromatic rings. The standard InChI is InChI=1S/C16H11Cl2NO/c17-13-7-3-1-5-11(13)10-20-15-9-16(18)19-14-8-4-2-6-12(14)15/h1-9H,10H2. The first-order valence-electron chi connectivity index (χ1n) is 6.15. The lowest BCUT2D eigenvalue weighted by atomic mass is 10.2. The molecule has 4 heteroatoms. The molecule has 0 radical (unpaired) electrons. The van der Waals surface area contributed by atoms with E-state index in [2.05, 4.69) is 4.98 Å². The highest BCUT2D eigenvalue weighted by molar-refractivity contribution is 6.31. The van der Waals surface area contributed by atoms with Crippen molar-refractivity contribution in [3.05, 3.63) is 70.3 Å². The van der Waals surface area contributed by atoms with Crippen LogP contribution < -0.4 is 4.74 Å². The van der Waals surface area contributed by atoms with E-state index in [0.717, 1.165) is 16.5 Å². The molecule has 0 saturated heterocycles. The highest BCUT2D eigenvalue weighted by atomic mass is 35.5. The van der Waals surface area contributed by atoms with Gasteiger partial charge in [-0.3, -0.25) is 0 Å². The number of fused-ring (bicyclic) bond motifs is 1. The van der Waals surface area contributed by atoms with Crippen molar-refractivity contribution < 1.29 is 4.74 Å². The lowest BCUT2D eigenvalue weighted by molar-refractivity contribution is 0.310. The molecule has 20 heavy (non-hydrogen) atoms. The largest absolute Gasteiger partial charge is 0.488 e. The van der Waals surface area contributed by atoms with Crippen LogP contribution in [0.5, 0.6) is 5.75 Å². The van der Waals surface area contributed by atoms with Crippen LogP contribution >= 0.6 is 23.2 Å². The molecule has 100 valence electrons. The molecule has 0 aliphatic heterocycles. The zero-order valence-electron chi connectivity index (χ0n) is 10.5. The molecule has 2 nitrogen and oxygen atoms in total. The van der Waals surface area contributed by atoms with E-state index in [0.29, 0.717) is 22.5 Å². The van der Waals surface area contributed by atoms with E-state index in [-0.39, 0.29) is 0 Å². The van der Waals surface area contributed by atoms with E-state index in [1.54, 1.807) is 6.07 Å². The maximum Gasteiger partial charge on any atom is 0.133 e. The summed E-state index contributed by atoms with van der Waals surface area (Å²) in [6.45, 7) is 0.393. The third-order valence-corrected chi connectivity index (χ3v) is 3.55. The molecule has 0 aliphatic rings. The van der Waals surface area contributed by atoms with Crippen LogP contribution in [0.15, 0.2) is 54.6 Å². The average Bonchev–Trinajstić information content (AvgIpc) is 2.46. The molecule has 0 bridgehead atoms. The van der Waals surface area contributed by atoms with Crippen LogP contribution in [0.25, 0.3) is 10.9 Å². The quantitative estimate of drug-likeness (QED) is 0.626. The lowest BCUT2D eigenvalue weighted by Crippen LogP contribution is -1.97. The minimum Gasteiger partial charge on any atom is -0.488 e. The molecule has 0 saturated carbocycles. The first-order chi connectivity index (χ1) is 9.74. The van der Waals surface area contributed by atoms with Crippen molar-refractivity contribution in [1.82, 2.24) is 4.98 Å². The Labute approximate surface area is 126 Å². The van der Waals surface area contributed by atoms with Crippen LogP contribution in [0.1, 0.15) is 5.56 Å². The van der Waals surface area contributed by atoms with Gasteiger partial charge in [0.05, 0.1) is 5.52 Å². The number of hydrogen-bond donors (Lipinski definition) is 0. The molecule has 1 aromatic heterocycles. The SMILES string of the molecule is Clc1cc(OCc2ccccc2Cl)c2ccccc2n1. The van der Waals surface area contributed by atoms with Gasteiger partial charge in [-0.1, -0.05) is 53.5 Å². The number of halogens is 2. The Balaban J connectivity index is 1.93. The highest BCUT2D eigenvalue weighted by Gasteiger charge is 2.07. The molecule has 2 aromatic carbocycles. The second kappa shape index (κ2) is 5.70. The zero-order valence-corrected chi connectivity index (χ0v) is 12.0. The van der Waals surface area contributed by atoms with Gasteiger partial charge in [0, 0.05) is 22.0 Å². The Morgan fingerprint density at radius 3 is 2.55 bits per heavy atom. The van der Waals surface area contributed by atoms with Gasteiger partial charge < -0.3 is 4.74 Å². The van der Waals surface area contributed by atoms with Crippen molar-refractivity contribution in [1.29, 1.82) is 0 Å². The average molecular weight is 304 g/mol. The van der Waals surface area contributed by atoms with E-state index in [1.807, 2.05) is 48.5 Å². The second-order valence-electron chi connectivity index (χ2n) is 4.34. The van der Waals surface area contributed by atoms with Gasteiger partial charge in [0.25, 0.3) is 0 Å². The summed E-state index contributed by atoms with van der Waals surface area (Å²) in [5, 5.41) is 2.04. The number of aromatic nitrogens is 1. The van der Waals surface area contributed by atoms with Crippen molar-refractivity contribution in [2.45, 2.75) is 6.61 Å². The Hall–Kier alpha value is -1.77. The smallest absolute Gasteiger partial charge is 0.133 e. The monoisotopic (exact) mass is 303 g/mol. The molecule has 0 amide bonds. The fourth-order valence-electron chi connectivity index (χ4n) is 2.00. The van der Waals surface area contributed by atoms with E-state index in [1.165, 1.54) is 0 Å². The van der Waals surface area contributed by atoms with Gasteiger partial charge in [-0.2, -0.15) is 0 Å². The van der Waals surface area contributed by atoms with Gasteiger partial charge in [-0.15, -0.1) is 0 Å². The van der Waals surface area contributed by atoms with Crippen LogP contribution in [-0.2, 0) is 6.61 Å². The molecular weight excluding hydrogens is 293 g/mol. The third kappa shape index (κ3) is 2.72. The fraction of sp³-hybridized carbons (Fsp3) is 0.0625. The summed E-state index contributed by atoms with van der Waals surface area (Å²) in [6.07, 6.45) is 0. The molecule has 0 aliphatic carbocycles. The van der Waals surface area contributed by atoms with Gasteiger partial charge in [0.2, 0.25) is 0 Å². The fourth-order valence-corrected chi connectivity index (χ4v) is 2.38. The molecule has 1 heterocycles. The maximum absolute atomic E-state index is 6.12. The van der Waals surface area contributed by atoms with Gasteiger partial charge in [-0.25, -0.2) is 4.98 Å².